The molecule has 216 valence electrons. The van der Waals surface area contributed by atoms with Crippen LogP contribution in [0, 0.1) is 0 Å². The molecule has 3 amide bonds. The van der Waals surface area contributed by atoms with Crippen LogP contribution in [-0.4, -0.2) is 84.8 Å². The van der Waals surface area contributed by atoms with Crippen LogP contribution < -0.4 is 27.2 Å². The van der Waals surface area contributed by atoms with Crippen LogP contribution in [0.15, 0.2) is 21.9 Å². The number of aromatic nitrogens is 2. The van der Waals surface area contributed by atoms with E-state index < -0.39 is 44.1 Å². The molecule has 3 saturated heterocycles. The fourth-order valence-electron chi connectivity index (χ4n) is 4.76. The first-order valence-corrected chi connectivity index (χ1v) is 15.1. The third-order valence-electron chi connectivity index (χ3n) is 6.71. The van der Waals surface area contributed by atoms with E-state index in [1.165, 1.54) is 12.3 Å². The molecule has 1 aromatic rings. The van der Waals surface area contributed by atoms with Gasteiger partial charge in [0.1, 0.15) is 12.3 Å². The van der Waals surface area contributed by atoms with E-state index in [9.17, 15) is 28.8 Å². The molecule has 3 fully saturated rings. The molecule has 1 aromatic heterocycles. The van der Waals surface area contributed by atoms with Crippen molar-refractivity contribution in [1.82, 2.24) is 25.5 Å². The normalized spacial score (nSPS) is 28.4. The van der Waals surface area contributed by atoms with Gasteiger partial charge in [0.15, 0.2) is 0 Å². The summed E-state index contributed by atoms with van der Waals surface area (Å²) in [5.41, 5.74) is -1.32. The molecule has 0 bridgehead atoms. The number of hydrogen-bond donors (Lipinski definition) is 7. The van der Waals surface area contributed by atoms with E-state index in [0.29, 0.717) is 18.1 Å². The van der Waals surface area contributed by atoms with E-state index >= 15 is 0 Å². The van der Waals surface area contributed by atoms with Crippen LogP contribution in [0.4, 0.5) is 4.79 Å². The highest BCUT2D eigenvalue weighted by Crippen LogP contribution is 2.38. The quantitative estimate of drug-likeness (QED) is 0.0904. The number of carbonyl (C=O) groups is 2. The summed E-state index contributed by atoms with van der Waals surface area (Å²) in [5.74, 6) is 0.759. The predicted molar refractivity (Wildman–Crippen MR) is 140 cm³/mol. The van der Waals surface area contributed by atoms with E-state index in [4.69, 9.17) is 14.5 Å². The molecule has 3 aliphatic heterocycles. The zero-order valence-corrected chi connectivity index (χ0v) is 22.6. The second-order valence-corrected chi connectivity index (χ2v) is 12.1. The van der Waals surface area contributed by atoms with Crippen LogP contribution in [0.2, 0.25) is 0 Å². The van der Waals surface area contributed by atoms with Gasteiger partial charge in [0.2, 0.25) is 5.91 Å². The maximum absolute atomic E-state index is 12.3. The van der Waals surface area contributed by atoms with E-state index in [-0.39, 0.29) is 42.6 Å². The molecule has 39 heavy (non-hydrogen) atoms. The molecule has 0 aromatic carbocycles. The van der Waals surface area contributed by atoms with Gasteiger partial charge in [0.05, 0.1) is 30.4 Å². The molecular weight excluding hydrogens is 557 g/mol. The van der Waals surface area contributed by atoms with Crippen LogP contribution in [0.1, 0.15) is 43.9 Å². The largest absolute Gasteiger partial charge is 0.469 e. The standard InChI is InChI=1S/C22H32N5O10PS/c28-14-8-18(37-15(14)10-36-38(33,34)35)27-9-12(20(30)26-22(27)32)4-3-7-23-17(29)6-2-1-5-16-19-13(11-39-16)24-21(31)25-19/h3-4,9,13-16,18-19,28H,1-2,5-8,10-11H2,(H,23,29)(H2,24,25,31)(H,26,30,32)(H2,33,34,35)/b4-3+. The Labute approximate surface area is 227 Å². The van der Waals surface area contributed by atoms with Gasteiger partial charge in [0.25, 0.3) is 5.56 Å². The Hall–Kier alpha value is -2.46. The molecule has 6 unspecified atom stereocenters. The number of rotatable bonds is 12. The Morgan fingerprint density at radius 1 is 1.28 bits per heavy atom. The zero-order chi connectivity index (χ0) is 28.2. The van der Waals surface area contributed by atoms with Gasteiger partial charge in [0, 0.05) is 36.6 Å². The lowest BCUT2D eigenvalue weighted by atomic mass is 10.0. The second kappa shape index (κ2) is 12.8. The number of hydrogen-bond acceptors (Lipinski definition) is 9. The Morgan fingerprint density at radius 2 is 2.08 bits per heavy atom. The highest BCUT2D eigenvalue weighted by Gasteiger charge is 2.42. The summed E-state index contributed by atoms with van der Waals surface area (Å²) in [4.78, 5) is 68.0. The van der Waals surface area contributed by atoms with E-state index in [0.717, 1.165) is 23.2 Å². The van der Waals surface area contributed by atoms with Crippen molar-refractivity contribution in [2.24, 2.45) is 0 Å². The number of aromatic amines is 1. The third kappa shape index (κ3) is 8.03. The number of nitrogens with one attached hydrogen (secondary N) is 4. The van der Waals surface area contributed by atoms with Gasteiger partial charge in [-0.05, 0) is 12.8 Å². The minimum atomic E-state index is -4.76. The number of urea groups is 1. The van der Waals surface area contributed by atoms with Crippen molar-refractivity contribution in [3.63, 3.8) is 0 Å². The summed E-state index contributed by atoms with van der Waals surface area (Å²) in [7, 11) is -4.76. The highest BCUT2D eigenvalue weighted by molar-refractivity contribution is 8.00. The topological polar surface area (TPSA) is 221 Å². The number of amides is 3. The molecule has 4 rings (SSSR count). The molecular formula is C22H32N5O10PS. The first-order valence-electron chi connectivity index (χ1n) is 12.5. The lowest BCUT2D eigenvalue weighted by Crippen LogP contribution is -2.36. The summed E-state index contributed by atoms with van der Waals surface area (Å²) in [5, 5.41) is 19.1. The van der Waals surface area contributed by atoms with Crippen molar-refractivity contribution >= 4 is 37.6 Å². The van der Waals surface area contributed by atoms with Crippen LogP contribution >= 0.6 is 19.6 Å². The molecule has 15 nitrogen and oxygen atoms in total. The number of unbranched alkanes of at least 4 members (excludes halogenated alkanes) is 1. The lowest BCUT2D eigenvalue weighted by molar-refractivity contribution is -0.121. The van der Waals surface area contributed by atoms with Crippen LogP contribution in [0.25, 0.3) is 6.08 Å². The van der Waals surface area contributed by atoms with Crippen LogP contribution in [0.3, 0.4) is 0 Å². The van der Waals surface area contributed by atoms with E-state index in [1.54, 1.807) is 6.08 Å². The molecule has 0 spiro atoms. The number of aliphatic hydroxyl groups is 1. The summed E-state index contributed by atoms with van der Waals surface area (Å²) < 4.78 is 21.8. The number of nitrogens with zero attached hydrogens (tertiary/aromatic N) is 1. The van der Waals surface area contributed by atoms with Gasteiger partial charge in [-0.15, -0.1) is 0 Å². The Balaban J connectivity index is 1.21. The summed E-state index contributed by atoms with van der Waals surface area (Å²) in [6.45, 7) is -0.416. The average Bonchev–Trinajstić information content (AvgIpc) is 3.53. The molecule has 4 heterocycles. The molecule has 6 atom stereocenters. The summed E-state index contributed by atoms with van der Waals surface area (Å²) in [6, 6.07) is 0.208. The van der Waals surface area contributed by atoms with Gasteiger partial charge in [-0.2, -0.15) is 11.8 Å². The van der Waals surface area contributed by atoms with Crippen molar-refractivity contribution in [2.75, 3.05) is 18.9 Å². The Morgan fingerprint density at radius 3 is 2.85 bits per heavy atom. The SMILES string of the molecule is O=C(CCCCC1SCC2NC(=O)NC21)NC/C=C/c1cn(C2CC(O)C(COP(=O)(O)O)O2)c(=O)[nH]c1=O. The molecule has 3 aliphatic rings. The maximum Gasteiger partial charge on any atom is 0.469 e. The van der Waals surface area contributed by atoms with Gasteiger partial charge in [-0.25, -0.2) is 14.2 Å². The molecule has 7 N–H and O–H groups in total. The fraction of sp³-hybridized carbons (Fsp3) is 0.636. The Kier molecular flexibility index (Phi) is 9.69. The van der Waals surface area contributed by atoms with Gasteiger partial charge < -0.3 is 35.6 Å². The minimum Gasteiger partial charge on any atom is -0.390 e. The van der Waals surface area contributed by atoms with Crippen molar-refractivity contribution in [3.8, 4) is 0 Å². The number of fused-ring (bicyclic) bond motifs is 1. The Bertz CT molecular complexity index is 1250. The second-order valence-electron chi connectivity index (χ2n) is 9.54. The zero-order valence-electron chi connectivity index (χ0n) is 20.9. The molecule has 0 saturated carbocycles. The number of phosphoric acid groups is 1. The number of phosphoric ester groups is 1. The third-order valence-corrected chi connectivity index (χ3v) is 8.71. The highest BCUT2D eigenvalue weighted by atomic mass is 32.2. The summed E-state index contributed by atoms with van der Waals surface area (Å²) in [6.07, 6.45) is 3.80. The number of carbonyl (C=O) groups excluding carboxylic acids is 2. The van der Waals surface area contributed by atoms with Gasteiger partial charge in [-0.3, -0.25) is 23.7 Å². The lowest BCUT2D eigenvalue weighted by Gasteiger charge is -2.16. The van der Waals surface area contributed by atoms with Crippen molar-refractivity contribution < 1.29 is 38.3 Å². The fourth-order valence-corrected chi connectivity index (χ4v) is 6.65. The van der Waals surface area contributed by atoms with Crippen LogP contribution in [-0.2, 0) is 18.6 Å². The van der Waals surface area contributed by atoms with Crippen molar-refractivity contribution in [2.45, 2.75) is 67.9 Å². The number of aliphatic hydroxyl groups excluding tert-OH is 1. The van der Waals surface area contributed by atoms with E-state index in [1.807, 2.05) is 11.8 Å². The maximum atomic E-state index is 12.3. The molecule has 17 heteroatoms. The average molecular weight is 590 g/mol. The number of H-pyrrole nitrogens is 1. The first kappa shape index (κ1) is 29.5. The number of thioether (sulfide) groups is 1. The molecule has 0 aliphatic carbocycles. The van der Waals surface area contributed by atoms with Gasteiger partial charge in [-0.1, -0.05) is 18.6 Å². The predicted octanol–water partition coefficient (Wildman–Crippen LogP) is -0.850. The number of ether oxygens (including phenoxy) is 1. The van der Waals surface area contributed by atoms with Crippen molar-refractivity contribution in [1.29, 1.82) is 0 Å². The van der Waals surface area contributed by atoms with Crippen LogP contribution in [0.5, 0.6) is 0 Å². The minimum absolute atomic E-state index is 0.0630. The van der Waals surface area contributed by atoms with E-state index in [2.05, 4.69) is 25.5 Å². The monoisotopic (exact) mass is 589 g/mol. The smallest absolute Gasteiger partial charge is 0.390 e. The van der Waals surface area contributed by atoms with Gasteiger partial charge >= 0.3 is 19.5 Å². The summed E-state index contributed by atoms with van der Waals surface area (Å²) >= 11 is 1.83. The molecule has 0 radical (unpaired) electrons. The van der Waals surface area contributed by atoms with Crippen molar-refractivity contribution in [3.05, 3.63) is 38.7 Å². The first-order chi connectivity index (χ1) is 18.5.